The number of benzene rings is 1. The van der Waals surface area contributed by atoms with Gasteiger partial charge in [-0.1, -0.05) is 19.9 Å². The minimum Gasteiger partial charge on any atom is -0.350 e. The Bertz CT molecular complexity index is 638. The third kappa shape index (κ3) is 1.88. The molecule has 0 bridgehead atoms. The second-order valence-electron chi connectivity index (χ2n) is 4.57. The molecule has 0 aliphatic rings. The zero-order valence-corrected chi connectivity index (χ0v) is 10.2. The van der Waals surface area contributed by atoms with Crippen molar-refractivity contribution >= 4 is 17.2 Å². The molecule has 1 heterocycles. The van der Waals surface area contributed by atoms with Crippen molar-refractivity contribution in [3.8, 4) is 0 Å². The highest BCUT2D eigenvalue weighted by molar-refractivity contribution is 5.86. The molecule has 17 heavy (non-hydrogen) atoms. The molecule has 2 aromatic rings. The van der Waals surface area contributed by atoms with E-state index in [-0.39, 0.29) is 11.0 Å². The molecular weight excluding hydrogens is 214 g/mol. The molecule has 0 atom stereocenters. The van der Waals surface area contributed by atoms with Crippen LogP contribution in [0.1, 0.15) is 35.7 Å². The van der Waals surface area contributed by atoms with Gasteiger partial charge in [0, 0.05) is 18.6 Å². The number of hydrogen-bond acceptors (Lipinski definition) is 2. The first-order valence-electron chi connectivity index (χ1n) is 5.63. The second kappa shape index (κ2) is 4.17. The van der Waals surface area contributed by atoms with Gasteiger partial charge in [0.05, 0.1) is 11.1 Å². The van der Waals surface area contributed by atoms with Crippen LogP contribution in [0.5, 0.6) is 0 Å². The number of rotatable bonds is 2. The Labute approximate surface area is 99.7 Å². The van der Waals surface area contributed by atoms with Crippen LogP contribution < -0.4 is 5.43 Å². The summed E-state index contributed by atoms with van der Waals surface area (Å²) in [5.41, 5.74) is 1.99. The van der Waals surface area contributed by atoms with Crippen LogP contribution >= 0.6 is 0 Å². The lowest BCUT2D eigenvalue weighted by atomic mass is 10.0. The van der Waals surface area contributed by atoms with Crippen molar-refractivity contribution in [2.24, 2.45) is 7.05 Å². The van der Waals surface area contributed by atoms with Crippen LogP contribution in [0, 0.1) is 0 Å². The van der Waals surface area contributed by atoms with E-state index < -0.39 is 0 Å². The summed E-state index contributed by atoms with van der Waals surface area (Å²) in [6.07, 6.45) is 2.19. The fourth-order valence-corrected chi connectivity index (χ4v) is 1.98. The molecule has 0 aliphatic heterocycles. The lowest BCUT2D eigenvalue weighted by Gasteiger charge is -2.10. The van der Waals surface area contributed by atoms with E-state index in [0.717, 1.165) is 11.1 Å². The summed E-state index contributed by atoms with van der Waals surface area (Å²) in [4.78, 5) is 22.9. The molecule has 88 valence electrons. The minimum atomic E-state index is -0.185. The van der Waals surface area contributed by atoms with E-state index in [1.165, 1.54) is 0 Å². The molecular formula is C14H15NO2. The molecule has 3 nitrogen and oxygen atoms in total. The summed E-state index contributed by atoms with van der Waals surface area (Å²) in [6, 6.07) is 5.84. The topological polar surface area (TPSA) is 39.1 Å². The number of fused-ring (bicyclic) bond motifs is 1. The predicted octanol–water partition coefficient (Wildman–Crippen LogP) is 2.47. The van der Waals surface area contributed by atoms with Crippen LogP contribution in [0.25, 0.3) is 10.9 Å². The molecule has 0 spiro atoms. The van der Waals surface area contributed by atoms with Crippen LogP contribution in [0.15, 0.2) is 29.2 Å². The highest BCUT2D eigenvalue weighted by Gasteiger charge is 2.08. The fraction of sp³-hybridized carbons (Fsp3) is 0.286. The van der Waals surface area contributed by atoms with Gasteiger partial charge in [0.15, 0.2) is 11.7 Å². The number of aldehydes is 1. The van der Waals surface area contributed by atoms with E-state index >= 15 is 0 Å². The maximum Gasteiger partial charge on any atom is 0.199 e. The highest BCUT2D eigenvalue weighted by atomic mass is 16.1. The van der Waals surface area contributed by atoms with Crippen molar-refractivity contribution in [3.05, 3.63) is 45.7 Å². The van der Waals surface area contributed by atoms with Gasteiger partial charge >= 0.3 is 0 Å². The Morgan fingerprint density at radius 3 is 2.59 bits per heavy atom. The van der Waals surface area contributed by atoms with E-state index in [2.05, 4.69) is 13.8 Å². The fourth-order valence-electron chi connectivity index (χ4n) is 1.98. The normalized spacial score (nSPS) is 11.1. The van der Waals surface area contributed by atoms with E-state index in [9.17, 15) is 9.59 Å². The number of carbonyl (C=O) groups is 1. The lowest BCUT2D eigenvalue weighted by Crippen LogP contribution is -2.13. The van der Waals surface area contributed by atoms with Gasteiger partial charge < -0.3 is 4.57 Å². The number of aromatic nitrogens is 1. The SMILES string of the molecule is CC(C)c1ccc2c(c1)c(=O)c(C=O)cn2C. The van der Waals surface area contributed by atoms with Gasteiger partial charge in [0.2, 0.25) is 0 Å². The number of aryl methyl sites for hydroxylation is 1. The Kier molecular flexibility index (Phi) is 2.84. The van der Waals surface area contributed by atoms with Crippen molar-refractivity contribution in [3.63, 3.8) is 0 Å². The van der Waals surface area contributed by atoms with E-state index in [1.807, 2.05) is 29.8 Å². The second-order valence-corrected chi connectivity index (χ2v) is 4.57. The zero-order chi connectivity index (χ0) is 12.6. The average molecular weight is 229 g/mol. The number of hydrogen-bond donors (Lipinski definition) is 0. The Morgan fingerprint density at radius 2 is 2.00 bits per heavy atom. The number of pyridine rings is 1. The van der Waals surface area contributed by atoms with Crippen molar-refractivity contribution in [1.29, 1.82) is 0 Å². The van der Waals surface area contributed by atoms with Gasteiger partial charge in [0.25, 0.3) is 0 Å². The molecule has 0 fully saturated rings. The summed E-state index contributed by atoms with van der Waals surface area (Å²) in [6.45, 7) is 4.16. The molecule has 1 aromatic carbocycles. The minimum absolute atomic E-state index is 0.185. The van der Waals surface area contributed by atoms with Crippen LogP contribution in [-0.4, -0.2) is 10.9 Å². The third-order valence-corrected chi connectivity index (χ3v) is 3.03. The first-order chi connectivity index (χ1) is 8.04. The van der Waals surface area contributed by atoms with Gasteiger partial charge in [0.1, 0.15) is 0 Å². The van der Waals surface area contributed by atoms with Gasteiger partial charge in [-0.25, -0.2) is 0 Å². The molecule has 0 aliphatic carbocycles. The average Bonchev–Trinajstić information content (AvgIpc) is 2.33. The molecule has 0 saturated heterocycles. The smallest absolute Gasteiger partial charge is 0.199 e. The van der Waals surface area contributed by atoms with Crippen LogP contribution in [0.2, 0.25) is 0 Å². The number of carbonyl (C=O) groups excluding carboxylic acids is 1. The van der Waals surface area contributed by atoms with Crippen molar-refractivity contribution < 1.29 is 4.79 Å². The summed E-state index contributed by atoms with van der Waals surface area (Å²) >= 11 is 0. The Hall–Kier alpha value is -1.90. The summed E-state index contributed by atoms with van der Waals surface area (Å²) < 4.78 is 1.81. The summed E-state index contributed by atoms with van der Waals surface area (Å²) in [7, 11) is 1.84. The van der Waals surface area contributed by atoms with Crippen molar-refractivity contribution in [2.45, 2.75) is 19.8 Å². The predicted molar refractivity (Wildman–Crippen MR) is 68.7 cm³/mol. The zero-order valence-electron chi connectivity index (χ0n) is 10.2. The molecule has 1 aromatic heterocycles. The molecule has 0 saturated carbocycles. The quantitative estimate of drug-likeness (QED) is 0.742. The van der Waals surface area contributed by atoms with Crippen LogP contribution in [0.4, 0.5) is 0 Å². The highest BCUT2D eigenvalue weighted by Crippen LogP contribution is 2.19. The maximum atomic E-state index is 12.0. The van der Waals surface area contributed by atoms with Crippen molar-refractivity contribution in [2.75, 3.05) is 0 Å². The van der Waals surface area contributed by atoms with E-state index in [4.69, 9.17) is 0 Å². The molecule has 0 N–H and O–H groups in total. The van der Waals surface area contributed by atoms with Gasteiger partial charge in [-0.05, 0) is 23.6 Å². The molecule has 3 heteroatoms. The van der Waals surface area contributed by atoms with Crippen LogP contribution in [0.3, 0.4) is 0 Å². The monoisotopic (exact) mass is 229 g/mol. The Balaban J connectivity index is 2.88. The van der Waals surface area contributed by atoms with E-state index in [1.54, 1.807) is 6.20 Å². The Morgan fingerprint density at radius 1 is 1.29 bits per heavy atom. The first kappa shape index (κ1) is 11.6. The van der Waals surface area contributed by atoms with Gasteiger partial charge in [-0.15, -0.1) is 0 Å². The molecule has 0 unspecified atom stereocenters. The maximum absolute atomic E-state index is 12.0. The van der Waals surface area contributed by atoms with Gasteiger partial charge in [-0.2, -0.15) is 0 Å². The standard InChI is InChI=1S/C14H15NO2/c1-9(2)10-4-5-13-12(6-10)14(17)11(8-16)7-15(13)3/h4-9H,1-3H3. The van der Waals surface area contributed by atoms with Gasteiger partial charge in [-0.3, -0.25) is 9.59 Å². The third-order valence-electron chi connectivity index (χ3n) is 3.03. The van der Waals surface area contributed by atoms with Crippen LogP contribution in [-0.2, 0) is 7.05 Å². The largest absolute Gasteiger partial charge is 0.350 e. The molecule has 0 amide bonds. The van der Waals surface area contributed by atoms with E-state index in [0.29, 0.717) is 17.6 Å². The molecule has 0 radical (unpaired) electrons. The summed E-state index contributed by atoms with van der Waals surface area (Å²) in [5, 5.41) is 0.614. The lowest BCUT2D eigenvalue weighted by molar-refractivity contribution is 0.112. The molecule has 2 rings (SSSR count). The van der Waals surface area contributed by atoms with Crippen molar-refractivity contribution in [1.82, 2.24) is 4.57 Å². The first-order valence-corrected chi connectivity index (χ1v) is 5.63. The number of nitrogens with zero attached hydrogens (tertiary/aromatic N) is 1. The summed E-state index contributed by atoms with van der Waals surface area (Å²) in [5.74, 6) is 0.365.